The maximum Gasteiger partial charge on any atom is 0.305 e. The Morgan fingerprint density at radius 3 is 1.82 bits per heavy atom. The number of carbonyl (C=O) groups is 1. The molecule has 0 heterocycles. The van der Waals surface area contributed by atoms with Gasteiger partial charge in [-0.25, -0.2) is 0 Å². The molecule has 0 aliphatic heterocycles. The average molecular weight is 467 g/mol. The number of rotatable bonds is 26. The van der Waals surface area contributed by atoms with Gasteiger partial charge in [-0.3, -0.25) is 4.79 Å². The van der Waals surface area contributed by atoms with E-state index >= 15 is 0 Å². The second kappa shape index (κ2) is 27.4. The van der Waals surface area contributed by atoms with Crippen LogP contribution in [0.3, 0.4) is 0 Å². The van der Waals surface area contributed by atoms with Crippen molar-refractivity contribution in [3.05, 3.63) is 12.2 Å². The van der Waals surface area contributed by atoms with Crippen LogP contribution in [0.25, 0.3) is 0 Å². The molecule has 0 aromatic rings. The van der Waals surface area contributed by atoms with Gasteiger partial charge in [0.05, 0.1) is 12.7 Å². The zero-order valence-corrected chi connectivity index (χ0v) is 22.5. The number of aliphatic hydroxyl groups is 1. The highest BCUT2D eigenvalue weighted by molar-refractivity contribution is 5.69. The fraction of sp³-hybridized carbons (Fsp3) is 0.900. The van der Waals surface area contributed by atoms with Crippen molar-refractivity contribution < 1.29 is 14.6 Å². The zero-order chi connectivity index (χ0) is 24.2. The number of unbranched alkanes of at least 4 members (excludes halogenated alkanes) is 17. The normalized spacial score (nSPS) is 12.5. The molecule has 0 amide bonds. The van der Waals surface area contributed by atoms with E-state index in [4.69, 9.17) is 4.74 Å². The standard InChI is InChI=1S/C30H58O3/c1-3-5-7-9-10-11-14-17-20-24-28-33-30(32)27-23-19-16-13-12-15-18-22-26-29(31)25-21-8-6-4-2/h18,22,29,31H,3-17,19-21,23-28H2,1-2H3/t29-/m1/s1. The molecule has 0 aromatic heterocycles. The highest BCUT2D eigenvalue weighted by Gasteiger charge is 2.03. The lowest BCUT2D eigenvalue weighted by molar-refractivity contribution is -0.143. The molecule has 33 heavy (non-hydrogen) atoms. The molecule has 0 unspecified atom stereocenters. The SMILES string of the molecule is CCCCCCCCCCCCOC(=O)CCCCCCCC=CC[C@H](O)CCCCCC. The third-order valence-corrected chi connectivity index (χ3v) is 6.48. The summed E-state index contributed by atoms with van der Waals surface area (Å²) in [4.78, 5) is 11.8. The predicted octanol–water partition coefficient (Wildman–Crippen LogP) is 9.46. The second-order valence-electron chi connectivity index (χ2n) is 9.92. The molecule has 0 fully saturated rings. The molecule has 0 aromatic carbocycles. The van der Waals surface area contributed by atoms with Gasteiger partial charge in [-0.2, -0.15) is 0 Å². The summed E-state index contributed by atoms with van der Waals surface area (Å²) in [6.45, 7) is 5.09. The van der Waals surface area contributed by atoms with E-state index in [2.05, 4.69) is 26.0 Å². The monoisotopic (exact) mass is 466 g/mol. The zero-order valence-electron chi connectivity index (χ0n) is 22.5. The van der Waals surface area contributed by atoms with Crippen molar-refractivity contribution in [3.63, 3.8) is 0 Å². The Kier molecular flexibility index (Phi) is 26.7. The van der Waals surface area contributed by atoms with E-state index in [-0.39, 0.29) is 12.1 Å². The number of ether oxygens (including phenoxy) is 1. The van der Waals surface area contributed by atoms with Crippen molar-refractivity contribution in [2.24, 2.45) is 0 Å². The van der Waals surface area contributed by atoms with Crippen LogP contribution in [0.15, 0.2) is 12.2 Å². The van der Waals surface area contributed by atoms with E-state index in [1.807, 2.05) is 0 Å². The molecule has 0 aliphatic carbocycles. The van der Waals surface area contributed by atoms with Crippen LogP contribution in [-0.2, 0) is 9.53 Å². The number of aliphatic hydroxyl groups excluding tert-OH is 1. The number of carbonyl (C=O) groups excluding carboxylic acids is 1. The summed E-state index contributed by atoms with van der Waals surface area (Å²) in [6.07, 6.45) is 31.3. The van der Waals surface area contributed by atoms with Crippen LogP contribution in [0.2, 0.25) is 0 Å². The van der Waals surface area contributed by atoms with Gasteiger partial charge in [0, 0.05) is 6.42 Å². The van der Waals surface area contributed by atoms with Crippen LogP contribution < -0.4 is 0 Å². The first-order valence-electron chi connectivity index (χ1n) is 14.7. The molecule has 0 spiro atoms. The molecule has 196 valence electrons. The predicted molar refractivity (Wildman–Crippen MR) is 144 cm³/mol. The maximum absolute atomic E-state index is 11.8. The minimum atomic E-state index is -0.164. The molecule has 0 bridgehead atoms. The Hall–Kier alpha value is -0.830. The number of hydrogen-bond donors (Lipinski definition) is 1. The Bertz CT molecular complexity index is 419. The summed E-state index contributed by atoms with van der Waals surface area (Å²) in [7, 11) is 0. The molecule has 0 saturated heterocycles. The molecule has 0 aliphatic rings. The largest absolute Gasteiger partial charge is 0.466 e. The Balaban J connectivity index is 3.28. The van der Waals surface area contributed by atoms with Gasteiger partial charge in [0.15, 0.2) is 0 Å². The van der Waals surface area contributed by atoms with E-state index in [1.54, 1.807) is 0 Å². The van der Waals surface area contributed by atoms with Gasteiger partial charge >= 0.3 is 5.97 Å². The Morgan fingerprint density at radius 2 is 1.18 bits per heavy atom. The highest BCUT2D eigenvalue weighted by Crippen LogP contribution is 2.12. The smallest absolute Gasteiger partial charge is 0.305 e. The maximum atomic E-state index is 11.8. The highest BCUT2D eigenvalue weighted by atomic mass is 16.5. The fourth-order valence-corrected chi connectivity index (χ4v) is 4.21. The minimum Gasteiger partial charge on any atom is -0.466 e. The van der Waals surface area contributed by atoms with Gasteiger partial charge in [-0.1, -0.05) is 129 Å². The van der Waals surface area contributed by atoms with E-state index < -0.39 is 0 Å². The summed E-state index contributed by atoms with van der Waals surface area (Å²) in [6, 6.07) is 0. The second-order valence-corrected chi connectivity index (χ2v) is 9.92. The third-order valence-electron chi connectivity index (χ3n) is 6.48. The first-order chi connectivity index (χ1) is 16.2. The van der Waals surface area contributed by atoms with Crippen molar-refractivity contribution in [3.8, 4) is 0 Å². The summed E-state index contributed by atoms with van der Waals surface area (Å²) in [5.41, 5.74) is 0. The fourth-order valence-electron chi connectivity index (χ4n) is 4.21. The van der Waals surface area contributed by atoms with Gasteiger partial charge in [0.1, 0.15) is 0 Å². The van der Waals surface area contributed by atoms with Crippen molar-refractivity contribution in [2.45, 2.75) is 168 Å². The van der Waals surface area contributed by atoms with Crippen molar-refractivity contribution in [2.75, 3.05) is 6.61 Å². The van der Waals surface area contributed by atoms with Crippen molar-refractivity contribution in [1.29, 1.82) is 0 Å². The van der Waals surface area contributed by atoms with Crippen LogP contribution in [0.1, 0.15) is 162 Å². The van der Waals surface area contributed by atoms with Crippen LogP contribution in [0.4, 0.5) is 0 Å². The Morgan fingerprint density at radius 1 is 0.667 bits per heavy atom. The van der Waals surface area contributed by atoms with E-state index in [0.717, 1.165) is 44.9 Å². The molecule has 0 saturated carbocycles. The lowest BCUT2D eigenvalue weighted by Crippen LogP contribution is -2.05. The summed E-state index contributed by atoms with van der Waals surface area (Å²) in [5.74, 6) is -0.0119. The molecule has 3 nitrogen and oxygen atoms in total. The first kappa shape index (κ1) is 32.2. The third kappa shape index (κ3) is 27.3. The number of hydrogen-bond acceptors (Lipinski definition) is 3. The number of esters is 1. The molecular formula is C30H58O3. The van der Waals surface area contributed by atoms with Crippen molar-refractivity contribution in [1.82, 2.24) is 0 Å². The van der Waals surface area contributed by atoms with Gasteiger partial charge in [0.25, 0.3) is 0 Å². The van der Waals surface area contributed by atoms with Crippen LogP contribution in [0, 0.1) is 0 Å². The van der Waals surface area contributed by atoms with Gasteiger partial charge in [-0.15, -0.1) is 0 Å². The average Bonchev–Trinajstić information content (AvgIpc) is 2.81. The number of allylic oxidation sites excluding steroid dienone is 1. The molecular weight excluding hydrogens is 408 g/mol. The van der Waals surface area contributed by atoms with E-state index in [1.165, 1.54) is 96.3 Å². The van der Waals surface area contributed by atoms with Crippen LogP contribution in [0.5, 0.6) is 0 Å². The molecule has 3 heteroatoms. The quantitative estimate of drug-likeness (QED) is 0.0784. The lowest BCUT2D eigenvalue weighted by atomic mass is 10.1. The molecule has 0 rings (SSSR count). The van der Waals surface area contributed by atoms with Crippen molar-refractivity contribution >= 4 is 5.97 Å². The van der Waals surface area contributed by atoms with E-state index in [9.17, 15) is 9.90 Å². The molecule has 0 radical (unpaired) electrons. The van der Waals surface area contributed by atoms with Gasteiger partial charge < -0.3 is 9.84 Å². The van der Waals surface area contributed by atoms with Crippen LogP contribution >= 0.6 is 0 Å². The van der Waals surface area contributed by atoms with E-state index in [0.29, 0.717) is 13.0 Å². The molecule has 1 N–H and O–H groups in total. The topological polar surface area (TPSA) is 46.5 Å². The minimum absolute atomic E-state index is 0.0119. The summed E-state index contributed by atoms with van der Waals surface area (Å²) >= 11 is 0. The summed E-state index contributed by atoms with van der Waals surface area (Å²) < 4.78 is 5.37. The Labute approximate surface area is 207 Å². The van der Waals surface area contributed by atoms with Gasteiger partial charge in [-0.05, 0) is 38.5 Å². The van der Waals surface area contributed by atoms with Crippen LogP contribution in [-0.4, -0.2) is 23.8 Å². The lowest BCUT2D eigenvalue weighted by Gasteiger charge is -2.07. The molecule has 1 atom stereocenters. The summed E-state index contributed by atoms with van der Waals surface area (Å²) in [5, 5.41) is 9.95. The van der Waals surface area contributed by atoms with Gasteiger partial charge in [0.2, 0.25) is 0 Å². The first-order valence-corrected chi connectivity index (χ1v) is 14.7.